The maximum atomic E-state index is 12.8. The van der Waals surface area contributed by atoms with E-state index < -0.39 is 0 Å². The summed E-state index contributed by atoms with van der Waals surface area (Å²) in [5.74, 6) is 2.42. The standard InChI is InChI=1S/C21H23N5O3.C11H16N2O/c1-28-18-10-6-5-9-17(18)25-11-13-26(14-12-25)21(27)24-19-20(29-2)23-16-8-4-3-7-15(16)22-19;1-14-11-5-3-2-4-10(11)13-8-6-12-7-9-13/h3-10H,11-14H2,1-2H3,(H,22,24,27);2-5,12H,6-9H2,1H3. The van der Waals surface area contributed by atoms with Crippen LogP contribution in [0.2, 0.25) is 0 Å². The van der Waals surface area contributed by atoms with Crippen LogP contribution in [0.3, 0.4) is 0 Å². The number of hydrogen-bond donors (Lipinski definition) is 2. The molecule has 2 N–H and O–H groups in total. The summed E-state index contributed by atoms with van der Waals surface area (Å²) in [6.07, 6.45) is 0. The maximum absolute atomic E-state index is 12.8. The number of carbonyl (C=O) groups is 1. The van der Waals surface area contributed by atoms with Crippen molar-refractivity contribution in [1.82, 2.24) is 20.2 Å². The van der Waals surface area contributed by atoms with Crippen molar-refractivity contribution >= 4 is 34.3 Å². The molecule has 0 aliphatic carbocycles. The van der Waals surface area contributed by atoms with E-state index in [1.165, 1.54) is 12.8 Å². The van der Waals surface area contributed by atoms with Gasteiger partial charge in [-0.3, -0.25) is 5.32 Å². The van der Waals surface area contributed by atoms with E-state index >= 15 is 0 Å². The molecule has 3 aromatic carbocycles. The number of rotatable bonds is 6. The smallest absolute Gasteiger partial charge is 0.323 e. The summed E-state index contributed by atoms with van der Waals surface area (Å²) >= 11 is 0. The van der Waals surface area contributed by atoms with Crippen LogP contribution in [0.4, 0.5) is 22.0 Å². The SMILES string of the molecule is COc1ccccc1N1CCN(C(=O)Nc2nc3ccccc3nc2OC)CC1.COc1ccccc1N1CCNCC1. The number of hydrogen-bond acceptors (Lipinski definition) is 9. The summed E-state index contributed by atoms with van der Waals surface area (Å²) < 4.78 is 16.1. The number of aromatic nitrogens is 2. The third-order valence-corrected chi connectivity index (χ3v) is 7.49. The average molecular weight is 586 g/mol. The van der Waals surface area contributed by atoms with Crippen molar-refractivity contribution in [3.8, 4) is 17.4 Å². The zero-order chi connectivity index (χ0) is 30.0. The van der Waals surface area contributed by atoms with Gasteiger partial charge >= 0.3 is 6.03 Å². The van der Waals surface area contributed by atoms with E-state index in [2.05, 4.69) is 42.5 Å². The highest BCUT2D eigenvalue weighted by Crippen LogP contribution is 2.29. The summed E-state index contributed by atoms with van der Waals surface area (Å²) in [5.41, 5.74) is 3.66. The van der Waals surface area contributed by atoms with Gasteiger partial charge in [0.1, 0.15) is 11.5 Å². The van der Waals surface area contributed by atoms with Gasteiger partial charge in [-0.25, -0.2) is 14.8 Å². The zero-order valence-corrected chi connectivity index (χ0v) is 25.0. The van der Waals surface area contributed by atoms with Gasteiger partial charge in [0.15, 0.2) is 5.82 Å². The normalized spacial score (nSPS) is 14.9. The van der Waals surface area contributed by atoms with Crippen LogP contribution < -0.4 is 34.6 Å². The Morgan fingerprint density at radius 2 is 1.19 bits per heavy atom. The number of urea groups is 1. The molecule has 2 fully saturated rings. The Bertz CT molecular complexity index is 1500. The molecule has 0 spiro atoms. The van der Waals surface area contributed by atoms with Crippen LogP contribution >= 0.6 is 0 Å². The lowest BCUT2D eigenvalue weighted by molar-refractivity contribution is 0.208. The van der Waals surface area contributed by atoms with Crippen molar-refractivity contribution in [2.24, 2.45) is 0 Å². The molecule has 2 saturated heterocycles. The number of anilines is 3. The molecule has 0 bridgehead atoms. The molecule has 3 heterocycles. The number of amides is 2. The highest BCUT2D eigenvalue weighted by atomic mass is 16.5. The molecular weight excluding hydrogens is 546 g/mol. The van der Waals surface area contributed by atoms with Crippen LogP contribution in [-0.4, -0.2) is 94.6 Å². The Morgan fingerprint density at radius 3 is 1.74 bits per heavy atom. The Kier molecular flexibility index (Phi) is 9.96. The molecule has 2 aliphatic heterocycles. The fraction of sp³-hybridized carbons (Fsp3) is 0.344. The second-order valence-electron chi connectivity index (χ2n) is 10.1. The van der Waals surface area contributed by atoms with Crippen molar-refractivity contribution in [1.29, 1.82) is 0 Å². The lowest BCUT2D eigenvalue weighted by Crippen LogP contribution is -2.50. The fourth-order valence-corrected chi connectivity index (χ4v) is 5.23. The van der Waals surface area contributed by atoms with E-state index in [0.29, 0.717) is 48.9 Å². The van der Waals surface area contributed by atoms with Gasteiger partial charge in [0, 0.05) is 52.4 Å². The van der Waals surface area contributed by atoms with Crippen molar-refractivity contribution in [3.05, 3.63) is 72.8 Å². The topological polar surface area (TPSA) is 104 Å². The van der Waals surface area contributed by atoms with E-state index in [9.17, 15) is 4.79 Å². The van der Waals surface area contributed by atoms with E-state index in [1.807, 2.05) is 60.7 Å². The van der Waals surface area contributed by atoms with Crippen molar-refractivity contribution in [2.45, 2.75) is 0 Å². The molecule has 0 saturated carbocycles. The van der Waals surface area contributed by atoms with Crippen LogP contribution in [0, 0.1) is 0 Å². The highest BCUT2D eigenvalue weighted by molar-refractivity contribution is 5.91. The second kappa shape index (κ2) is 14.4. The first-order chi connectivity index (χ1) is 21.1. The van der Waals surface area contributed by atoms with E-state index in [1.54, 1.807) is 19.1 Å². The molecule has 0 unspecified atom stereocenters. The Morgan fingerprint density at radius 1 is 0.674 bits per heavy atom. The Labute approximate surface area is 252 Å². The van der Waals surface area contributed by atoms with Gasteiger partial charge in [-0.2, -0.15) is 0 Å². The average Bonchev–Trinajstić information content (AvgIpc) is 3.08. The van der Waals surface area contributed by atoms with E-state index in [-0.39, 0.29) is 6.03 Å². The Balaban J connectivity index is 0.000000220. The number of ether oxygens (including phenoxy) is 3. The number of piperazine rings is 2. The van der Waals surface area contributed by atoms with E-state index in [4.69, 9.17) is 14.2 Å². The van der Waals surface area contributed by atoms with Crippen LogP contribution in [0.25, 0.3) is 11.0 Å². The molecular formula is C32H39N7O4. The van der Waals surface area contributed by atoms with Crippen LogP contribution in [-0.2, 0) is 0 Å². The van der Waals surface area contributed by atoms with Crippen molar-refractivity contribution in [2.75, 3.05) is 88.8 Å². The van der Waals surface area contributed by atoms with Gasteiger partial charge in [-0.1, -0.05) is 36.4 Å². The highest BCUT2D eigenvalue weighted by Gasteiger charge is 2.24. The predicted octanol–water partition coefficient (Wildman–Crippen LogP) is 4.11. The Hall–Kier alpha value is -4.77. The van der Waals surface area contributed by atoms with Gasteiger partial charge in [0.25, 0.3) is 5.88 Å². The number of benzene rings is 3. The molecule has 226 valence electrons. The van der Waals surface area contributed by atoms with Crippen molar-refractivity contribution < 1.29 is 19.0 Å². The number of para-hydroxylation sites is 6. The second-order valence-corrected chi connectivity index (χ2v) is 10.1. The number of methoxy groups -OCH3 is 3. The lowest BCUT2D eigenvalue weighted by Gasteiger charge is -2.36. The van der Waals surface area contributed by atoms with Crippen LogP contribution in [0.15, 0.2) is 72.8 Å². The molecule has 0 atom stereocenters. The summed E-state index contributed by atoms with van der Waals surface area (Å²) in [6, 6.07) is 23.4. The zero-order valence-electron chi connectivity index (χ0n) is 25.0. The summed E-state index contributed by atoms with van der Waals surface area (Å²) in [5, 5.41) is 6.19. The minimum atomic E-state index is -0.215. The largest absolute Gasteiger partial charge is 0.495 e. The maximum Gasteiger partial charge on any atom is 0.323 e. The first-order valence-corrected chi connectivity index (χ1v) is 14.4. The molecule has 11 nitrogen and oxygen atoms in total. The predicted molar refractivity (Wildman–Crippen MR) is 170 cm³/mol. The quantitative estimate of drug-likeness (QED) is 0.346. The molecule has 2 amide bonds. The first kappa shape index (κ1) is 29.7. The van der Waals surface area contributed by atoms with Crippen LogP contribution in [0.5, 0.6) is 17.4 Å². The van der Waals surface area contributed by atoms with Gasteiger partial charge < -0.3 is 34.2 Å². The minimum absolute atomic E-state index is 0.215. The number of fused-ring (bicyclic) bond motifs is 1. The molecule has 11 heteroatoms. The number of carbonyl (C=O) groups excluding carboxylic acids is 1. The number of nitrogens with zero attached hydrogens (tertiary/aromatic N) is 5. The monoisotopic (exact) mass is 585 g/mol. The lowest BCUT2D eigenvalue weighted by atomic mass is 10.2. The molecule has 4 aromatic rings. The van der Waals surface area contributed by atoms with Gasteiger partial charge in [0.05, 0.1) is 43.7 Å². The number of nitrogens with one attached hydrogen (secondary N) is 2. The van der Waals surface area contributed by atoms with Crippen LogP contribution in [0.1, 0.15) is 0 Å². The molecule has 6 rings (SSSR count). The van der Waals surface area contributed by atoms with Gasteiger partial charge in [-0.15, -0.1) is 0 Å². The summed E-state index contributed by atoms with van der Waals surface area (Å²) in [4.78, 5) is 28.0. The van der Waals surface area contributed by atoms with Gasteiger partial charge in [-0.05, 0) is 36.4 Å². The fourth-order valence-electron chi connectivity index (χ4n) is 5.23. The first-order valence-electron chi connectivity index (χ1n) is 14.4. The van der Waals surface area contributed by atoms with Gasteiger partial charge in [0.2, 0.25) is 0 Å². The summed E-state index contributed by atoms with van der Waals surface area (Å²) in [7, 11) is 4.90. The molecule has 43 heavy (non-hydrogen) atoms. The third kappa shape index (κ3) is 7.18. The third-order valence-electron chi connectivity index (χ3n) is 7.49. The molecule has 1 aromatic heterocycles. The molecule has 2 aliphatic rings. The van der Waals surface area contributed by atoms with E-state index in [0.717, 1.165) is 43.4 Å². The van der Waals surface area contributed by atoms with Crippen molar-refractivity contribution in [3.63, 3.8) is 0 Å². The minimum Gasteiger partial charge on any atom is -0.495 e. The summed E-state index contributed by atoms with van der Waals surface area (Å²) in [6.45, 7) is 6.83. The molecule has 0 radical (unpaired) electrons.